The second-order valence-corrected chi connectivity index (χ2v) is 3.20. The fraction of sp³-hybridized carbons (Fsp3) is 0.333. The van der Waals surface area contributed by atoms with Gasteiger partial charge in [-0.3, -0.25) is 0 Å². The topological polar surface area (TPSA) is 38.3 Å². The summed E-state index contributed by atoms with van der Waals surface area (Å²) in [6.45, 7) is 3.19. The van der Waals surface area contributed by atoms with Crippen molar-refractivity contribution in [2.75, 3.05) is 20.2 Å². The highest BCUT2D eigenvalue weighted by Crippen LogP contribution is 2.16. The lowest BCUT2D eigenvalue weighted by Crippen LogP contribution is -2.15. The van der Waals surface area contributed by atoms with Gasteiger partial charge in [-0.25, -0.2) is 4.79 Å². The van der Waals surface area contributed by atoms with Crippen LogP contribution in [0.25, 0.3) is 5.57 Å². The van der Waals surface area contributed by atoms with Crippen molar-refractivity contribution in [2.24, 2.45) is 0 Å². The molecule has 0 aliphatic rings. The van der Waals surface area contributed by atoms with Gasteiger partial charge >= 0.3 is 0 Å². The Hall–Kier alpha value is -1.57. The molecule has 0 fully saturated rings. The molecule has 0 atom stereocenters. The van der Waals surface area contributed by atoms with Gasteiger partial charge in [0.1, 0.15) is 18.3 Å². The summed E-state index contributed by atoms with van der Waals surface area (Å²) in [7, 11) is 1.88. The maximum Gasteiger partial charge on any atom is 0.128 e. The molecule has 0 heterocycles. The molecule has 1 N–H and O–H groups in total. The van der Waals surface area contributed by atoms with E-state index in [1.54, 1.807) is 6.92 Å². The lowest BCUT2D eigenvalue weighted by Gasteiger charge is -2.06. The lowest BCUT2D eigenvalue weighted by molar-refractivity contribution is 0.318. The van der Waals surface area contributed by atoms with Crippen LogP contribution in [-0.4, -0.2) is 26.1 Å². The third-order valence-electron chi connectivity index (χ3n) is 2.06. The third-order valence-corrected chi connectivity index (χ3v) is 2.06. The van der Waals surface area contributed by atoms with E-state index < -0.39 is 0 Å². The third kappa shape index (κ3) is 3.58. The fourth-order valence-electron chi connectivity index (χ4n) is 1.13. The molecule has 0 radical (unpaired) electrons. The van der Waals surface area contributed by atoms with E-state index >= 15 is 0 Å². The standard InChI is InChI=1S/C12H15NO2/c1-10(9-14)11-3-5-12(6-4-11)15-8-7-13-2/h3-6,13H,7-8H2,1-2H3. The maximum absolute atomic E-state index is 10.4. The summed E-state index contributed by atoms with van der Waals surface area (Å²) in [5.74, 6) is 2.68. The molecule has 0 aliphatic heterocycles. The zero-order valence-electron chi connectivity index (χ0n) is 9.04. The van der Waals surface area contributed by atoms with Crippen molar-refractivity contribution in [3.05, 3.63) is 29.8 Å². The van der Waals surface area contributed by atoms with Gasteiger partial charge in [0, 0.05) is 12.1 Å². The molecular weight excluding hydrogens is 190 g/mol. The molecule has 3 nitrogen and oxygen atoms in total. The van der Waals surface area contributed by atoms with Gasteiger partial charge < -0.3 is 10.1 Å². The molecule has 0 saturated heterocycles. The molecule has 0 amide bonds. The Morgan fingerprint density at radius 1 is 1.40 bits per heavy atom. The Balaban J connectivity index is 2.60. The number of hydrogen-bond donors (Lipinski definition) is 1. The van der Waals surface area contributed by atoms with E-state index in [0.29, 0.717) is 12.2 Å². The molecule has 1 aromatic rings. The highest BCUT2D eigenvalue weighted by Gasteiger charge is 1.97. The average Bonchev–Trinajstić information content (AvgIpc) is 2.29. The van der Waals surface area contributed by atoms with Gasteiger partial charge in [-0.05, 0) is 31.7 Å². The Morgan fingerprint density at radius 2 is 2.07 bits per heavy atom. The molecule has 0 spiro atoms. The number of allylic oxidation sites excluding steroid dienone is 1. The first kappa shape index (κ1) is 11.5. The van der Waals surface area contributed by atoms with Crippen molar-refractivity contribution in [2.45, 2.75) is 6.92 Å². The zero-order valence-corrected chi connectivity index (χ0v) is 9.04. The van der Waals surface area contributed by atoms with Crippen LogP contribution in [0.4, 0.5) is 0 Å². The zero-order chi connectivity index (χ0) is 11.1. The summed E-state index contributed by atoms with van der Waals surface area (Å²) in [5.41, 5.74) is 1.49. The van der Waals surface area contributed by atoms with Crippen LogP contribution in [0, 0.1) is 0 Å². The molecule has 15 heavy (non-hydrogen) atoms. The van der Waals surface area contributed by atoms with E-state index in [2.05, 4.69) is 5.32 Å². The first-order valence-corrected chi connectivity index (χ1v) is 4.87. The van der Waals surface area contributed by atoms with Crippen molar-refractivity contribution >= 4 is 11.5 Å². The minimum atomic E-state index is 0.608. The van der Waals surface area contributed by atoms with Crippen molar-refractivity contribution in [3.63, 3.8) is 0 Å². The van der Waals surface area contributed by atoms with Crippen LogP contribution in [0.1, 0.15) is 12.5 Å². The van der Waals surface area contributed by atoms with Gasteiger partial charge in [-0.1, -0.05) is 12.1 Å². The molecule has 0 unspecified atom stereocenters. The van der Waals surface area contributed by atoms with Crippen LogP contribution in [0.5, 0.6) is 5.75 Å². The number of ether oxygens (including phenoxy) is 1. The minimum Gasteiger partial charge on any atom is -0.492 e. The van der Waals surface area contributed by atoms with Gasteiger partial charge in [-0.2, -0.15) is 0 Å². The number of benzene rings is 1. The summed E-state index contributed by atoms with van der Waals surface area (Å²) >= 11 is 0. The van der Waals surface area contributed by atoms with Crippen LogP contribution in [0.15, 0.2) is 24.3 Å². The lowest BCUT2D eigenvalue weighted by atomic mass is 10.1. The summed E-state index contributed by atoms with van der Waals surface area (Å²) in [5, 5.41) is 3.00. The quantitative estimate of drug-likeness (QED) is 0.585. The highest BCUT2D eigenvalue weighted by atomic mass is 16.5. The van der Waals surface area contributed by atoms with Gasteiger partial charge in [0.15, 0.2) is 0 Å². The number of likely N-dealkylation sites (N-methyl/N-ethyl adjacent to an activating group) is 1. The SMILES string of the molecule is CNCCOc1ccc(C(C)=C=O)cc1. The fourth-order valence-corrected chi connectivity index (χ4v) is 1.13. The molecule has 1 rings (SSSR count). The first-order chi connectivity index (χ1) is 7.27. The van der Waals surface area contributed by atoms with E-state index in [9.17, 15) is 4.79 Å². The van der Waals surface area contributed by atoms with Gasteiger partial charge in [0.2, 0.25) is 0 Å². The predicted octanol–water partition coefficient (Wildman–Crippen LogP) is 1.52. The van der Waals surface area contributed by atoms with Crippen molar-refractivity contribution in [3.8, 4) is 5.75 Å². The van der Waals surface area contributed by atoms with Crippen LogP contribution in [-0.2, 0) is 4.79 Å². The molecule has 80 valence electrons. The predicted molar refractivity (Wildman–Crippen MR) is 60.6 cm³/mol. The first-order valence-electron chi connectivity index (χ1n) is 4.87. The molecule has 3 heteroatoms. The Kier molecular flexibility index (Phi) is 4.61. The van der Waals surface area contributed by atoms with Gasteiger partial charge in [0.25, 0.3) is 0 Å². The van der Waals surface area contributed by atoms with Crippen LogP contribution in [0.3, 0.4) is 0 Å². The second kappa shape index (κ2) is 6.02. The van der Waals surface area contributed by atoms with Crippen molar-refractivity contribution in [1.82, 2.24) is 5.32 Å². The Bertz CT molecular complexity index is 350. The molecule has 0 aliphatic carbocycles. The normalized spacial score (nSPS) is 9.47. The average molecular weight is 205 g/mol. The van der Waals surface area contributed by atoms with E-state index in [4.69, 9.17) is 4.74 Å². The van der Waals surface area contributed by atoms with Gasteiger partial charge in [0.05, 0.1) is 0 Å². The highest BCUT2D eigenvalue weighted by molar-refractivity contribution is 5.86. The number of nitrogens with one attached hydrogen (secondary N) is 1. The number of hydrogen-bond acceptors (Lipinski definition) is 3. The van der Waals surface area contributed by atoms with E-state index in [-0.39, 0.29) is 0 Å². The van der Waals surface area contributed by atoms with Crippen LogP contribution >= 0.6 is 0 Å². The van der Waals surface area contributed by atoms with Crippen molar-refractivity contribution < 1.29 is 9.53 Å². The van der Waals surface area contributed by atoms with E-state index in [1.807, 2.05) is 37.3 Å². The Labute approximate surface area is 89.8 Å². The summed E-state index contributed by atoms with van der Waals surface area (Å²) in [6, 6.07) is 7.42. The van der Waals surface area contributed by atoms with E-state index in [1.165, 1.54) is 0 Å². The molecule has 1 aromatic carbocycles. The number of rotatable bonds is 5. The molecule has 0 saturated carbocycles. The second-order valence-electron chi connectivity index (χ2n) is 3.20. The minimum absolute atomic E-state index is 0.608. The number of carbonyl (C=O) groups excluding carboxylic acids is 1. The van der Waals surface area contributed by atoms with Crippen LogP contribution in [0.2, 0.25) is 0 Å². The summed E-state index contributed by atoms with van der Waals surface area (Å²) in [6.07, 6.45) is 0. The molecule has 0 bridgehead atoms. The summed E-state index contributed by atoms with van der Waals surface area (Å²) < 4.78 is 5.44. The maximum atomic E-state index is 10.4. The smallest absolute Gasteiger partial charge is 0.128 e. The Morgan fingerprint density at radius 3 is 2.60 bits per heavy atom. The van der Waals surface area contributed by atoms with E-state index in [0.717, 1.165) is 17.9 Å². The largest absolute Gasteiger partial charge is 0.492 e. The van der Waals surface area contributed by atoms with Crippen molar-refractivity contribution in [1.29, 1.82) is 0 Å². The monoisotopic (exact) mass is 205 g/mol. The molecule has 0 aromatic heterocycles. The van der Waals surface area contributed by atoms with Crippen LogP contribution < -0.4 is 10.1 Å². The molecular formula is C12H15NO2. The summed E-state index contributed by atoms with van der Waals surface area (Å²) in [4.78, 5) is 10.4. The van der Waals surface area contributed by atoms with Gasteiger partial charge in [-0.15, -0.1) is 0 Å².